The lowest BCUT2D eigenvalue weighted by atomic mass is 9.78. The first-order valence-corrected chi connectivity index (χ1v) is 11.0. The van der Waals surface area contributed by atoms with Gasteiger partial charge in [0.25, 0.3) is 5.91 Å². The minimum absolute atomic E-state index is 0.107. The topological polar surface area (TPSA) is 108 Å². The van der Waals surface area contributed by atoms with Gasteiger partial charge < -0.3 is 20.1 Å². The summed E-state index contributed by atoms with van der Waals surface area (Å²) in [6.45, 7) is 1.64. The zero-order valence-corrected chi connectivity index (χ0v) is 18.6. The number of nitrogens with zero attached hydrogens (tertiary/aromatic N) is 5. The second kappa shape index (κ2) is 9.00. The highest BCUT2D eigenvalue weighted by molar-refractivity contribution is 5.93. The predicted octanol–water partition coefficient (Wildman–Crippen LogP) is 2.40. The Hall–Kier alpha value is -3.55. The van der Waals surface area contributed by atoms with Gasteiger partial charge in [-0.25, -0.2) is 4.98 Å². The summed E-state index contributed by atoms with van der Waals surface area (Å²) in [7, 11) is 1.77. The van der Waals surface area contributed by atoms with Crippen molar-refractivity contribution >= 4 is 17.5 Å². The summed E-state index contributed by atoms with van der Waals surface area (Å²) >= 11 is 0. The maximum Gasteiger partial charge on any atom is 0.417 e. The number of aryl methyl sites for hydroxylation is 1. The number of hydrogen-bond donors (Lipinski definition) is 1. The van der Waals surface area contributed by atoms with Crippen molar-refractivity contribution in [2.75, 3.05) is 31.1 Å². The molecule has 2 aliphatic rings. The summed E-state index contributed by atoms with van der Waals surface area (Å²) in [5.74, 6) is -1.18. The SMILES string of the molecule is Cn1cnc(C(=O)N2C[C@@H](C(N)=O)[C@H](C3CCN(c4ccc(C#N)c(C(F)(F)F)c4)CC3)C2)c1. The van der Waals surface area contributed by atoms with Crippen molar-refractivity contribution in [2.45, 2.75) is 19.0 Å². The van der Waals surface area contributed by atoms with Gasteiger partial charge in [-0.1, -0.05) is 0 Å². The Labute approximate surface area is 194 Å². The number of aromatic nitrogens is 2. The molecule has 2 aliphatic heterocycles. The molecule has 3 heterocycles. The third-order valence-corrected chi connectivity index (χ3v) is 6.88. The highest BCUT2D eigenvalue weighted by Gasteiger charge is 2.44. The van der Waals surface area contributed by atoms with E-state index in [2.05, 4.69) is 4.98 Å². The maximum absolute atomic E-state index is 13.3. The van der Waals surface area contributed by atoms with E-state index >= 15 is 0 Å². The van der Waals surface area contributed by atoms with Gasteiger partial charge in [0.05, 0.1) is 29.4 Å². The quantitative estimate of drug-likeness (QED) is 0.732. The molecule has 2 fully saturated rings. The highest BCUT2D eigenvalue weighted by atomic mass is 19.4. The zero-order chi connectivity index (χ0) is 24.6. The first-order chi connectivity index (χ1) is 16.1. The van der Waals surface area contributed by atoms with Gasteiger partial charge in [-0.2, -0.15) is 18.4 Å². The summed E-state index contributed by atoms with van der Waals surface area (Å²) in [6, 6.07) is 5.35. The fraction of sp³-hybridized carbons (Fsp3) is 0.478. The average molecular weight is 474 g/mol. The normalized spacial score (nSPS) is 21.5. The van der Waals surface area contributed by atoms with Crippen LogP contribution in [0.3, 0.4) is 0 Å². The molecule has 8 nitrogen and oxygen atoms in total. The van der Waals surface area contributed by atoms with Crippen molar-refractivity contribution in [3.8, 4) is 6.07 Å². The van der Waals surface area contributed by atoms with E-state index in [-0.39, 0.29) is 24.3 Å². The number of halogens is 3. The van der Waals surface area contributed by atoms with Crippen molar-refractivity contribution in [3.05, 3.63) is 47.5 Å². The minimum atomic E-state index is -4.61. The molecule has 1 aromatic heterocycles. The number of hydrogen-bond acceptors (Lipinski definition) is 5. The van der Waals surface area contributed by atoms with Crippen LogP contribution in [-0.4, -0.2) is 52.4 Å². The lowest BCUT2D eigenvalue weighted by Crippen LogP contribution is -2.40. The van der Waals surface area contributed by atoms with Crippen LogP contribution < -0.4 is 10.6 Å². The van der Waals surface area contributed by atoms with Gasteiger partial charge in [-0.3, -0.25) is 9.59 Å². The number of likely N-dealkylation sites (tertiary alicyclic amines) is 1. The summed E-state index contributed by atoms with van der Waals surface area (Å²) in [5, 5.41) is 9.01. The number of carbonyl (C=O) groups is 2. The first-order valence-electron chi connectivity index (χ1n) is 11.0. The summed E-state index contributed by atoms with van der Waals surface area (Å²) in [4.78, 5) is 32.6. The van der Waals surface area contributed by atoms with Crippen LogP contribution in [0.5, 0.6) is 0 Å². The van der Waals surface area contributed by atoms with Crippen LogP contribution in [-0.2, 0) is 18.0 Å². The van der Waals surface area contributed by atoms with Crippen LogP contribution in [0.25, 0.3) is 0 Å². The van der Waals surface area contributed by atoms with Crippen LogP contribution in [0.2, 0.25) is 0 Å². The van der Waals surface area contributed by atoms with Crippen LogP contribution in [0.4, 0.5) is 18.9 Å². The van der Waals surface area contributed by atoms with Gasteiger partial charge in [0.2, 0.25) is 5.91 Å². The monoisotopic (exact) mass is 474 g/mol. The molecule has 11 heteroatoms. The summed E-state index contributed by atoms with van der Waals surface area (Å²) in [5.41, 5.74) is 5.04. The number of piperidine rings is 1. The molecule has 0 unspecified atom stereocenters. The van der Waals surface area contributed by atoms with E-state index in [0.29, 0.717) is 43.9 Å². The van der Waals surface area contributed by atoms with Gasteiger partial charge in [0, 0.05) is 45.1 Å². The molecule has 1 aromatic carbocycles. The van der Waals surface area contributed by atoms with Gasteiger partial charge in [0.1, 0.15) is 5.69 Å². The van der Waals surface area contributed by atoms with E-state index in [9.17, 15) is 22.8 Å². The maximum atomic E-state index is 13.3. The number of amides is 2. The molecule has 2 atom stereocenters. The number of imidazole rings is 1. The second-order valence-electron chi connectivity index (χ2n) is 8.97. The van der Waals surface area contributed by atoms with Gasteiger partial charge in [-0.15, -0.1) is 0 Å². The smallest absolute Gasteiger partial charge is 0.372 e. The Bertz CT molecular complexity index is 1130. The standard InChI is InChI=1S/C23H25F3N6O2/c1-30-12-20(29-13-30)22(34)32-10-17(18(11-32)21(28)33)14-4-6-31(7-5-14)16-3-2-15(9-27)19(8-16)23(24,25)26/h2-3,8,12-14,17-18H,4-7,10-11H2,1H3,(H2,28,33)/t17-,18+/m0/s1. The second-order valence-corrected chi connectivity index (χ2v) is 8.97. The van der Waals surface area contributed by atoms with E-state index < -0.39 is 29.1 Å². The predicted molar refractivity (Wildman–Crippen MR) is 116 cm³/mol. The third-order valence-electron chi connectivity index (χ3n) is 6.88. The molecule has 34 heavy (non-hydrogen) atoms. The van der Waals surface area contributed by atoms with Crippen LogP contribution in [0.15, 0.2) is 30.7 Å². The number of nitriles is 1. The van der Waals surface area contributed by atoms with E-state index in [4.69, 9.17) is 11.0 Å². The lowest BCUT2D eigenvalue weighted by Gasteiger charge is -2.37. The van der Waals surface area contributed by atoms with Crippen molar-refractivity contribution in [3.63, 3.8) is 0 Å². The third kappa shape index (κ3) is 4.58. The van der Waals surface area contributed by atoms with Gasteiger partial charge in [0.15, 0.2) is 0 Å². The molecule has 0 aliphatic carbocycles. The van der Waals surface area contributed by atoms with Crippen molar-refractivity contribution < 1.29 is 22.8 Å². The molecule has 180 valence electrons. The Morgan fingerprint density at radius 2 is 1.91 bits per heavy atom. The van der Waals surface area contributed by atoms with Crippen molar-refractivity contribution in [2.24, 2.45) is 30.5 Å². The van der Waals surface area contributed by atoms with Crippen LogP contribution >= 0.6 is 0 Å². The number of anilines is 1. The zero-order valence-electron chi connectivity index (χ0n) is 18.6. The Morgan fingerprint density at radius 1 is 1.21 bits per heavy atom. The van der Waals surface area contributed by atoms with E-state index in [0.717, 1.165) is 6.07 Å². The molecule has 4 rings (SSSR count). The molecule has 2 saturated heterocycles. The highest BCUT2D eigenvalue weighted by Crippen LogP contribution is 2.39. The molecule has 2 aromatic rings. The first kappa shape index (κ1) is 23.6. The number of primary amides is 1. The summed E-state index contributed by atoms with van der Waals surface area (Å²) in [6.07, 6.45) is -0.139. The Morgan fingerprint density at radius 3 is 2.47 bits per heavy atom. The molecule has 0 spiro atoms. The molecule has 2 amide bonds. The fourth-order valence-corrected chi connectivity index (χ4v) is 5.11. The molecule has 0 radical (unpaired) electrons. The van der Waals surface area contributed by atoms with Crippen LogP contribution in [0, 0.1) is 29.1 Å². The fourth-order valence-electron chi connectivity index (χ4n) is 5.11. The number of nitrogens with two attached hydrogens (primary N) is 1. The van der Waals surface area contributed by atoms with Crippen LogP contribution in [0.1, 0.15) is 34.5 Å². The van der Waals surface area contributed by atoms with Gasteiger partial charge >= 0.3 is 6.18 Å². The van der Waals surface area contributed by atoms with Crippen molar-refractivity contribution in [1.29, 1.82) is 5.26 Å². The number of benzene rings is 1. The average Bonchev–Trinajstić information content (AvgIpc) is 3.45. The molecule has 0 saturated carbocycles. The van der Waals surface area contributed by atoms with E-state index in [1.165, 1.54) is 18.5 Å². The van der Waals surface area contributed by atoms with E-state index in [1.54, 1.807) is 28.8 Å². The molecular formula is C23H25F3N6O2. The number of rotatable bonds is 4. The summed E-state index contributed by atoms with van der Waals surface area (Å²) < 4.78 is 41.7. The number of carbonyl (C=O) groups excluding carboxylic acids is 2. The molecule has 0 bridgehead atoms. The molecular weight excluding hydrogens is 449 g/mol. The van der Waals surface area contributed by atoms with Gasteiger partial charge in [-0.05, 0) is 42.9 Å². The largest absolute Gasteiger partial charge is 0.417 e. The number of alkyl halides is 3. The van der Waals surface area contributed by atoms with Crippen molar-refractivity contribution in [1.82, 2.24) is 14.5 Å². The van der Waals surface area contributed by atoms with E-state index in [1.807, 2.05) is 4.90 Å². The Kier molecular flexibility index (Phi) is 6.25. The minimum Gasteiger partial charge on any atom is -0.372 e. The Balaban J connectivity index is 1.45. The molecule has 2 N–H and O–H groups in total. The lowest BCUT2D eigenvalue weighted by molar-refractivity contribution is -0.137.